The molecule has 2 aliphatic rings. The summed E-state index contributed by atoms with van der Waals surface area (Å²) in [6, 6.07) is 1.79. The molecule has 0 saturated carbocycles. The number of thioether (sulfide) groups is 1. The summed E-state index contributed by atoms with van der Waals surface area (Å²) in [7, 11) is 0. The summed E-state index contributed by atoms with van der Waals surface area (Å²) in [5.74, 6) is 1.30. The van der Waals surface area contributed by atoms with Crippen LogP contribution in [0.1, 0.15) is 5.56 Å². The lowest BCUT2D eigenvalue weighted by Gasteiger charge is -2.37. The first-order valence-electron chi connectivity index (χ1n) is 8.63. The maximum Gasteiger partial charge on any atom is 0.257 e. The summed E-state index contributed by atoms with van der Waals surface area (Å²) in [6.07, 6.45) is 5.06. The Labute approximate surface area is 155 Å². The molecule has 4 heterocycles. The molecule has 2 aromatic heterocycles. The molecule has 8 nitrogen and oxygen atoms in total. The van der Waals surface area contributed by atoms with Crippen LogP contribution in [-0.2, 0) is 11.3 Å². The van der Waals surface area contributed by atoms with Gasteiger partial charge in [0.1, 0.15) is 0 Å². The van der Waals surface area contributed by atoms with E-state index >= 15 is 0 Å². The Balaban J connectivity index is 1.41. The molecule has 1 amide bonds. The number of fused-ring (bicyclic) bond motifs is 1. The highest BCUT2D eigenvalue weighted by Gasteiger charge is 2.32. The predicted molar refractivity (Wildman–Crippen MR) is 98.3 cm³/mol. The van der Waals surface area contributed by atoms with Gasteiger partial charge in [-0.05, 0) is 13.0 Å². The van der Waals surface area contributed by atoms with E-state index in [2.05, 4.69) is 19.9 Å². The number of rotatable bonds is 2. The second-order valence-electron chi connectivity index (χ2n) is 6.51. The SMILES string of the molecule is Cc1cnc2n(c1=O)CC(C(=O)N1CCN(c3ncccn3)CC1)CS2. The number of aromatic nitrogens is 4. The number of hydrogen-bond donors (Lipinski definition) is 0. The monoisotopic (exact) mass is 372 g/mol. The number of hydrogen-bond acceptors (Lipinski definition) is 7. The summed E-state index contributed by atoms with van der Waals surface area (Å²) in [4.78, 5) is 42.1. The van der Waals surface area contributed by atoms with Crippen LogP contribution in [0.15, 0.2) is 34.6 Å². The largest absolute Gasteiger partial charge is 0.339 e. The third kappa shape index (κ3) is 3.18. The first kappa shape index (κ1) is 17.0. The topological polar surface area (TPSA) is 84.2 Å². The zero-order valence-corrected chi connectivity index (χ0v) is 15.4. The summed E-state index contributed by atoms with van der Waals surface area (Å²) in [5.41, 5.74) is 0.560. The van der Waals surface area contributed by atoms with Gasteiger partial charge in [0.2, 0.25) is 11.9 Å². The second-order valence-corrected chi connectivity index (χ2v) is 7.50. The van der Waals surface area contributed by atoms with E-state index in [-0.39, 0.29) is 17.4 Å². The number of nitrogens with zero attached hydrogens (tertiary/aromatic N) is 6. The molecule has 0 aliphatic carbocycles. The minimum atomic E-state index is -0.187. The van der Waals surface area contributed by atoms with Gasteiger partial charge in [-0.15, -0.1) is 0 Å². The Bertz CT molecular complexity index is 863. The molecule has 1 saturated heterocycles. The third-order valence-electron chi connectivity index (χ3n) is 4.77. The van der Waals surface area contributed by atoms with E-state index in [1.807, 2.05) is 4.90 Å². The first-order chi connectivity index (χ1) is 12.6. The Morgan fingerprint density at radius 2 is 1.88 bits per heavy atom. The van der Waals surface area contributed by atoms with Crippen molar-refractivity contribution in [1.29, 1.82) is 0 Å². The van der Waals surface area contributed by atoms with Crippen LogP contribution in [0, 0.1) is 12.8 Å². The molecule has 1 fully saturated rings. The number of amides is 1. The molecule has 1 atom stereocenters. The average molecular weight is 372 g/mol. The van der Waals surface area contributed by atoms with Gasteiger partial charge in [-0.25, -0.2) is 15.0 Å². The van der Waals surface area contributed by atoms with Gasteiger partial charge in [0.05, 0.1) is 5.92 Å². The van der Waals surface area contributed by atoms with Crippen LogP contribution >= 0.6 is 11.8 Å². The molecule has 26 heavy (non-hydrogen) atoms. The predicted octanol–water partition coefficient (Wildman–Crippen LogP) is 0.412. The van der Waals surface area contributed by atoms with Gasteiger partial charge in [0, 0.05) is 62.6 Å². The van der Waals surface area contributed by atoms with Crippen molar-refractivity contribution in [2.45, 2.75) is 18.6 Å². The standard InChI is InChI=1S/C17H20N6O2S/c1-12-9-20-17-23(14(12)24)10-13(11-26-17)15(25)21-5-7-22(8-6-21)16-18-3-2-4-19-16/h2-4,9,13H,5-8,10-11H2,1H3. The van der Waals surface area contributed by atoms with E-state index in [0.717, 1.165) is 0 Å². The summed E-state index contributed by atoms with van der Waals surface area (Å²) < 4.78 is 1.64. The minimum Gasteiger partial charge on any atom is -0.339 e. The van der Waals surface area contributed by atoms with Crippen LogP contribution in [0.2, 0.25) is 0 Å². The molecular weight excluding hydrogens is 352 g/mol. The molecule has 9 heteroatoms. The van der Waals surface area contributed by atoms with Crippen molar-refractivity contribution in [2.24, 2.45) is 5.92 Å². The Morgan fingerprint density at radius 3 is 2.62 bits per heavy atom. The zero-order valence-electron chi connectivity index (χ0n) is 14.5. The molecule has 0 bridgehead atoms. The van der Waals surface area contributed by atoms with Crippen LogP contribution in [0.5, 0.6) is 0 Å². The summed E-state index contributed by atoms with van der Waals surface area (Å²) in [6.45, 7) is 4.89. The number of aryl methyl sites for hydroxylation is 1. The van der Waals surface area contributed by atoms with Gasteiger partial charge in [-0.2, -0.15) is 0 Å². The van der Waals surface area contributed by atoms with Crippen LogP contribution in [0.4, 0.5) is 5.95 Å². The lowest BCUT2D eigenvalue weighted by atomic mass is 10.1. The van der Waals surface area contributed by atoms with Gasteiger partial charge in [-0.3, -0.25) is 14.2 Å². The van der Waals surface area contributed by atoms with Crippen molar-refractivity contribution < 1.29 is 4.79 Å². The van der Waals surface area contributed by atoms with Gasteiger partial charge < -0.3 is 9.80 Å². The molecule has 0 spiro atoms. The normalized spacial score (nSPS) is 20.0. The second kappa shape index (κ2) is 7.06. The number of piperazine rings is 1. The van der Waals surface area contributed by atoms with Crippen molar-refractivity contribution in [1.82, 2.24) is 24.4 Å². The van der Waals surface area contributed by atoms with Gasteiger partial charge in [0.25, 0.3) is 5.56 Å². The lowest BCUT2D eigenvalue weighted by Crippen LogP contribution is -2.52. The molecular formula is C17H20N6O2S. The fraction of sp³-hybridized carbons (Fsp3) is 0.471. The molecule has 2 aromatic rings. The highest BCUT2D eigenvalue weighted by atomic mass is 32.2. The molecule has 0 aromatic carbocycles. The zero-order chi connectivity index (χ0) is 18.1. The van der Waals surface area contributed by atoms with E-state index in [1.54, 1.807) is 36.1 Å². The van der Waals surface area contributed by atoms with E-state index < -0.39 is 0 Å². The smallest absolute Gasteiger partial charge is 0.257 e. The van der Waals surface area contributed by atoms with Gasteiger partial charge in [-0.1, -0.05) is 11.8 Å². The van der Waals surface area contributed by atoms with E-state index in [0.29, 0.717) is 55.1 Å². The maximum absolute atomic E-state index is 12.9. The van der Waals surface area contributed by atoms with E-state index in [9.17, 15) is 9.59 Å². The van der Waals surface area contributed by atoms with Crippen molar-refractivity contribution in [2.75, 3.05) is 36.8 Å². The fourth-order valence-corrected chi connectivity index (χ4v) is 4.33. The minimum absolute atomic E-state index is 0.0500. The van der Waals surface area contributed by atoms with Crippen LogP contribution < -0.4 is 10.5 Å². The number of carbonyl (C=O) groups excluding carboxylic acids is 1. The van der Waals surface area contributed by atoms with Crippen molar-refractivity contribution in [3.05, 3.63) is 40.6 Å². The van der Waals surface area contributed by atoms with Crippen LogP contribution in [0.3, 0.4) is 0 Å². The van der Waals surface area contributed by atoms with E-state index in [1.165, 1.54) is 11.8 Å². The molecule has 136 valence electrons. The Hall–Kier alpha value is -2.42. The number of anilines is 1. The quantitative estimate of drug-likeness (QED) is 0.706. The van der Waals surface area contributed by atoms with Crippen LogP contribution in [0.25, 0.3) is 0 Å². The van der Waals surface area contributed by atoms with Gasteiger partial charge >= 0.3 is 0 Å². The van der Waals surface area contributed by atoms with Crippen molar-refractivity contribution in [3.63, 3.8) is 0 Å². The average Bonchev–Trinajstić information content (AvgIpc) is 2.71. The fourth-order valence-electron chi connectivity index (χ4n) is 3.29. The third-order valence-corrected chi connectivity index (χ3v) is 5.93. The maximum atomic E-state index is 12.9. The molecule has 2 aliphatic heterocycles. The molecule has 0 N–H and O–H groups in total. The summed E-state index contributed by atoms with van der Waals surface area (Å²) in [5, 5.41) is 0.704. The molecule has 1 unspecified atom stereocenters. The molecule has 0 radical (unpaired) electrons. The van der Waals surface area contributed by atoms with Crippen molar-refractivity contribution in [3.8, 4) is 0 Å². The first-order valence-corrected chi connectivity index (χ1v) is 9.62. The van der Waals surface area contributed by atoms with Crippen molar-refractivity contribution >= 4 is 23.6 Å². The Morgan fingerprint density at radius 1 is 1.15 bits per heavy atom. The number of carbonyl (C=O) groups is 1. The summed E-state index contributed by atoms with van der Waals surface area (Å²) >= 11 is 1.48. The van der Waals surface area contributed by atoms with Crippen LogP contribution in [-0.4, -0.2) is 62.3 Å². The Kier molecular flexibility index (Phi) is 4.62. The van der Waals surface area contributed by atoms with E-state index in [4.69, 9.17) is 0 Å². The highest BCUT2D eigenvalue weighted by molar-refractivity contribution is 7.99. The lowest BCUT2D eigenvalue weighted by molar-refractivity contribution is -0.135. The van der Waals surface area contributed by atoms with Gasteiger partial charge in [0.15, 0.2) is 5.16 Å². The highest BCUT2D eigenvalue weighted by Crippen LogP contribution is 2.26. The molecule has 4 rings (SSSR count).